The maximum absolute atomic E-state index is 13.0. The lowest BCUT2D eigenvalue weighted by Gasteiger charge is -2.19. The number of sulfonamides is 1. The first-order valence-corrected chi connectivity index (χ1v) is 12.0. The molecule has 0 saturated heterocycles. The molecule has 0 aliphatic heterocycles. The molecule has 0 unspecified atom stereocenters. The van der Waals surface area contributed by atoms with Gasteiger partial charge in [0.15, 0.2) is 0 Å². The van der Waals surface area contributed by atoms with Crippen LogP contribution in [0.2, 0.25) is 0 Å². The number of halogens is 3. The third-order valence-corrected chi connectivity index (χ3v) is 6.92. The maximum atomic E-state index is 13.0. The van der Waals surface area contributed by atoms with Crippen LogP contribution in [0.1, 0.15) is 30.8 Å². The zero-order valence-corrected chi connectivity index (χ0v) is 18.9. The average molecular weight is 487 g/mol. The van der Waals surface area contributed by atoms with Crippen molar-refractivity contribution in [1.82, 2.24) is 9.71 Å². The smallest absolute Gasteiger partial charge is 0.416 e. The number of aromatic nitrogens is 1. The number of nitrogens with zero attached hydrogens (tertiary/aromatic N) is 1. The Labute approximate surface area is 187 Å². The van der Waals surface area contributed by atoms with Crippen molar-refractivity contribution in [1.29, 1.82) is 0 Å². The number of nitrogens with one attached hydrogen (secondary N) is 1. The van der Waals surface area contributed by atoms with Crippen molar-refractivity contribution in [2.45, 2.75) is 44.0 Å². The molecule has 2 aromatic carbocycles. The SMILES string of the molecule is CC(C)C[C@@H](NS(=O)(=O)c1cccc(C(F)(F)F)c1)C(=O)OCc1nc2ccccc2s1. The van der Waals surface area contributed by atoms with Crippen molar-refractivity contribution in [3.05, 3.63) is 59.1 Å². The predicted molar refractivity (Wildman–Crippen MR) is 114 cm³/mol. The van der Waals surface area contributed by atoms with Crippen molar-refractivity contribution >= 4 is 37.5 Å². The Balaban J connectivity index is 1.75. The van der Waals surface area contributed by atoms with Gasteiger partial charge in [0.2, 0.25) is 10.0 Å². The van der Waals surface area contributed by atoms with Crippen LogP contribution in [0.3, 0.4) is 0 Å². The fourth-order valence-corrected chi connectivity index (χ4v) is 5.10. The van der Waals surface area contributed by atoms with Crippen molar-refractivity contribution in [2.75, 3.05) is 0 Å². The molecule has 1 N–H and O–H groups in total. The molecule has 32 heavy (non-hydrogen) atoms. The molecular formula is C21H21F3N2O4S2. The van der Waals surface area contributed by atoms with Crippen molar-refractivity contribution < 1.29 is 31.1 Å². The van der Waals surface area contributed by atoms with Crippen molar-refractivity contribution in [3.8, 4) is 0 Å². The van der Waals surface area contributed by atoms with E-state index in [1.165, 1.54) is 11.3 Å². The van der Waals surface area contributed by atoms with Gasteiger partial charge in [-0.3, -0.25) is 4.79 Å². The molecule has 6 nitrogen and oxygen atoms in total. The van der Waals surface area contributed by atoms with Gasteiger partial charge in [0.05, 0.1) is 20.7 Å². The minimum atomic E-state index is -4.70. The number of esters is 1. The zero-order chi connectivity index (χ0) is 23.5. The highest BCUT2D eigenvalue weighted by Gasteiger charge is 2.33. The lowest BCUT2D eigenvalue weighted by atomic mass is 10.1. The summed E-state index contributed by atoms with van der Waals surface area (Å²) in [7, 11) is -4.40. The zero-order valence-electron chi connectivity index (χ0n) is 17.2. The summed E-state index contributed by atoms with van der Waals surface area (Å²) in [4.78, 5) is 16.4. The summed E-state index contributed by atoms with van der Waals surface area (Å²) in [5, 5.41) is 0.545. The van der Waals surface area contributed by atoms with E-state index in [2.05, 4.69) is 9.71 Å². The van der Waals surface area contributed by atoms with E-state index in [1.807, 2.05) is 24.3 Å². The summed E-state index contributed by atoms with van der Waals surface area (Å²) in [6.45, 7) is 3.43. The Morgan fingerprint density at radius 3 is 2.53 bits per heavy atom. The second-order valence-electron chi connectivity index (χ2n) is 7.51. The first-order chi connectivity index (χ1) is 15.0. The fourth-order valence-electron chi connectivity index (χ4n) is 2.97. The summed E-state index contributed by atoms with van der Waals surface area (Å²) in [5.41, 5.74) is -0.341. The minimum Gasteiger partial charge on any atom is -0.457 e. The number of hydrogen-bond donors (Lipinski definition) is 1. The van der Waals surface area contributed by atoms with Crippen LogP contribution in [0.4, 0.5) is 13.2 Å². The molecule has 172 valence electrons. The molecular weight excluding hydrogens is 465 g/mol. The van der Waals surface area contributed by atoms with Gasteiger partial charge in [-0.15, -0.1) is 11.3 Å². The molecule has 3 aromatic rings. The largest absolute Gasteiger partial charge is 0.457 e. The molecule has 0 amide bonds. The van der Waals surface area contributed by atoms with Crippen LogP contribution < -0.4 is 4.72 Å². The van der Waals surface area contributed by atoms with E-state index in [0.717, 1.165) is 28.4 Å². The van der Waals surface area contributed by atoms with E-state index in [9.17, 15) is 26.4 Å². The molecule has 0 aliphatic carbocycles. The quantitative estimate of drug-likeness (QED) is 0.465. The molecule has 0 fully saturated rings. The molecule has 0 spiro atoms. The third kappa shape index (κ3) is 6.05. The number of rotatable bonds is 8. The van der Waals surface area contributed by atoms with Gasteiger partial charge in [0, 0.05) is 0 Å². The number of thiazole rings is 1. The highest BCUT2D eigenvalue weighted by molar-refractivity contribution is 7.89. The van der Waals surface area contributed by atoms with E-state index in [4.69, 9.17) is 4.74 Å². The number of hydrogen-bond acceptors (Lipinski definition) is 6. The molecule has 1 heterocycles. The summed E-state index contributed by atoms with van der Waals surface area (Å²) in [5.74, 6) is -0.910. The van der Waals surface area contributed by atoms with Gasteiger partial charge in [-0.2, -0.15) is 17.9 Å². The molecule has 1 atom stereocenters. The van der Waals surface area contributed by atoms with Gasteiger partial charge < -0.3 is 4.74 Å². The molecule has 0 aliphatic rings. The Morgan fingerprint density at radius 2 is 1.88 bits per heavy atom. The topological polar surface area (TPSA) is 85.4 Å². The second-order valence-corrected chi connectivity index (χ2v) is 10.3. The molecule has 3 rings (SSSR count). The highest BCUT2D eigenvalue weighted by Crippen LogP contribution is 2.30. The predicted octanol–water partition coefficient (Wildman–Crippen LogP) is 4.75. The number of ether oxygens (including phenoxy) is 1. The Morgan fingerprint density at radius 1 is 1.16 bits per heavy atom. The van der Waals surface area contributed by atoms with Gasteiger partial charge in [-0.1, -0.05) is 32.0 Å². The van der Waals surface area contributed by atoms with Crippen LogP contribution >= 0.6 is 11.3 Å². The van der Waals surface area contributed by atoms with Crippen molar-refractivity contribution in [2.24, 2.45) is 5.92 Å². The van der Waals surface area contributed by atoms with Gasteiger partial charge in [-0.05, 0) is 42.7 Å². The van der Waals surface area contributed by atoms with E-state index in [1.54, 1.807) is 13.8 Å². The van der Waals surface area contributed by atoms with Crippen molar-refractivity contribution in [3.63, 3.8) is 0 Å². The van der Waals surface area contributed by atoms with Crippen LogP contribution in [0.5, 0.6) is 0 Å². The summed E-state index contributed by atoms with van der Waals surface area (Å²) in [6, 6.07) is 9.47. The standard InChI is InChI=1S/C21H21F3N2O4S2/c1-13(2)10-17(20(27)30-12-19-25-16-8-3-4-9-18(16)31-19)26-32(28,29)15-7-5-6-14(11-15)21(22,23)24/h3-9,11,13,17,26H,10,12H2,1-2H3/t17-/m1/s1. The van der Waals surface area contributed by atoms with Gasteiger partial charge in [-0.25, -0.2) is 13.4 Å². The molecule has 0 radical (unpaired) electrons. The lowest BCUT2D eigenvalue weighted by Crippen LogP contribution is -2.42. The van der Waals surface area contributed by atoms with Crippen LogP contribution in [0.25, 0.3) is 10.2 Å². The summed E-state index contributed by atoms with van der Waals surface area (Å²) in [6.07, 6.45) is -4.59. The number of carbonyl (C=O) groups excluding carboxylic acids is 1. The highest BCUT2D eigenvalue weighted by atomic mass is 32.2. The van der Waals surface area contributed by atoms with Crippen LogP contribution in [0.15, 0.2) is 53.4 Å². The van der Waals surface area contributed by atoms with Gasteiger partial charge in [0.25, 0.3) is 0 Å². The summed E-state index contributed by atoms with van der Waals surface area (Å²) >= 11 is 1.35. The van der Waals surface area contributed by atoms with Gasteiger partial charge >= 0.3 is 12.1 Å². The maximum Gasteiger partial charge on any atom is 0.416 e. The average Bonchev–Trinajstić information content (AvgIpc) is 3.13. The first-order valence-electron chi connectivity index (χ1n) is 9.66. The van der Waals surface area contributed by atoms with E-state index >= 15 is 0 Å². The van der Waals surface area contributed by atoms with Crippen LogP contribution in [-0.4, -0.2) is 25.4 Å². The Kier molecular flexibility index (Phi) is 7.21. The number of para-hydroxylation sites is 1. The number of fused-ring (bicyclic) bond motifs is 1. The molecule has 0 bridgehead atoms. The Hall–Kier alpha value is -2.50. The molecule has 0 saturated carbocycles. The number of benzene rings is 2. The summed E-state index contributed by atoms with van der Waals surface area (Å²) < 4.78 is 72.7. The van der Waals surface area contributed by atoms with E-state index < -0.39 is 38.7 Å². The fraction of sp³-hybridized carbons (Fsp3) is 0.333. The van der Waals surface area contributed by atoms with E-state index in [0.29, 0.717) is 11.1 Å². The second kappa shape index (κ2) is 9.55. The monoisotopic (exact) mass is 486 g/mol. The molecule has 1 aromatic heterocycles. The number of carbonyl (C=O) groups is 1. The minimum absolute atomic E-state index is 0.0841. The molecule has 11 heteroatoms. The lowest BCUT2D eigenvalue weighted by molar-refractivity contribution is -0.147. The van der Waals surface area contributed by atoms with Crippen LogP contribution in [0, 0.1) is 5.92 Å². The third-order valence-electron chi connectivity index (χ3n) is 4.44. The van der Waals surface area contributed by atoms with Crippen LogP contribution in [-0.2, 0) is 32.3 Å². The Bertz CT molecular complexity index is 1170. The number of alkyl halides is 3. The first kappa shape index (κ1) is 24.1. The van der Waals surface area contributed by atoms with Gasteiger partial charge in [0.1, 0.15) is 17.7 Å². The normalized spacial score (nSPS) is 13.4. The van der Waals surface area contributed by atoms with E-state index in [-0.39, 0.29) is 18.9 Å².